The third-order valence-electron chi connectivity index (χ3n) is 3.83. The molecular formula is C17H17N3O2. The van der Waals surface area contributed by atoms with Gasteiger partial charge in [-0.3, -0.25) is 9.69 Å². The van der Waals surface area contributed by atoms with Gasteiger partial charge < -0.3 is 9.32 Å². The summed E-state index contributed by atoms with van der Waals surface area (Å²) in [5.74, 6) is 2.61. The van der Waals surface area contributed by atoms with E-state index in [1.54, 1.807) is 30.5 Å². The molecule has 5 nitrogen and oxygen atoms in total. The fraction of sp³-hybridized carbons (Fsp3) is 0.294. The molecule has 0 radical (unpaired) electrons. The van der Waals surface area contributed by atoms with E-state index in [4.69, 9.17) is 10.8 Å². The fourth-order valence-electron chi connectivity index (χ4n) is 2.55. The summed E-state index contributed by atoms with van der Waals surface area (Å²) in [6, 6.07) is 7.18. The van der Waals surface area contributed by atoms with Crippen LogP contribution in [0.3, 0.4) is 0 Å². The fourth-order valence-corrected chi connectivity index (χ4v) is 2.55. The molecule has 0 aliphatic carbocycles. The molecule has 0 unspecified atom stereocenters. The molecule has 1 aromatic carbocycles. The van der Waals surface area contributed by atoms with E-state index < -0.39 is 0 Å². The normalized spacial score (nSPS) is 15.5. The van der Waals surface area contributed by atoms with E-state index in [0.29, 0.717) is 18.7 Å². The van der Waals surface area contributed by atoms with Gasteiger partial charge in [-0.25, -0.2) is 4.98 Å². The summed E-state index contributed by atoms with van der Waals surface area (Å²) in [5.41, 5.74) is 2.39. The first kappa shape index (κ1) is 14.4. The first-order valence-electron chi connectivity index (χ1n) is 7.21. The van der Waals surface area contributed by atoms with Crippen molar-refractivity contribution in [1.29, 1.82) is 0 Å². The van der Waals surface area contributed by atoms with Crippen molar-refractivity contribution in [3.8, 4) is 12.3 Å². The number of benzene rings is 1. The van der Waals surface area contributed by atoms with E-state index in [1.807, 2.05) is 4.90 Å². The first-order valence-corrected chi connectivity index (χ1v) is 7.21. The highest BCUT2D eigenvalue weighted by atomic mass is 16.3. The number of nitrogens with zero attached hydrogens (tertiary/aromatic N) is 3. The van der Waals surface area contributed by atoms with Crippen LogP contribution in [0.4, 0.5) is 0 Å². The highest BCUT2D eigenvalue weighted by Crippen LogP contribution is 2.11. The standard InChI is InChI=1S/C17H17N3O2/c1-2-14-3-5-15(6-4-14)17(21)20-9-7-19(8-10-20)11-16-12-22-13-18-16/h1,3-6,12-13H,7-11H2. The Labute approximate surface area is 129 Å². The molecule has 1 aliphatic rings. The lowest BCUT2D eigenvalue weighted by atomic mass is 10.1. The molecule has 2 heterocycles. The number of rotatable bonds is 3. The van der Waals surface area contributed by atoms with Crippen molar-refractivity contribution in [2.24, 2.45) is 0 Å². The van der Waals surface area contributed by atoms with Crippen molar-refractivity contribution < 1.29 is 9.21 Å². The molecule has 0 N–H and O–H groups in total. The molecule has 112 valence electrons. The van der Waals surface area contributed by atoms with Crippen molar-refractivity contribution >= 4 is 5.91 Å². The van der Waals surface area contributed by atoms with Gasteiger partial charge in [0.25, 0.3) is 5.91 Å². The van der Waals surface area contributed by atoms with Crippen LogP contribution in [0.1, 0.15) is 21.6 Å². The Kier molecular flexibility index (Phi) is 4.22. The zero-order valence-corrected chi connectivity index (χ0v) is 12.2. The van der Waals surface area contributed by atoms with Crippen LogP contribution in [-0.2, 0) is 6.54 Å². The second-order valence-corrected chi connectivity index (χ2v) is 5.27. The summed E-state index contributed by atoms with van der Waals surface area (Å²) in [5, 5.41) is 0. The van der Waals surface area contributed by atoms with Gasteiger partial charge >= 0.3 is 0 Å². The van der Waals surface area contributed by atoms with E-state index in [2.05, 4.69) is 15.8 Å². The van der Waals surface area contributed by atoms with Crippen LogP contribution in [0.15, 0.2) is 41.3 Å². The van der Waals surface area contributed by atoms with Crippen molar-refractivity contribution in [3.63, 3.8) is 0 Å². The van der Waals surface area contributed by atoms with Gasteiger partial charge in [0.15, 0.2) is 6.39 Å². The maximum absolute atomic E-state index is 12.5. The maximum atomic E-state index is 12.5. The Morgan fingerprint density at radius 3 is 2.55 bits per heavy atom. The van der Waals surface area contributed by atoms with Crippen LogP contribution in [-0.4, -0.2) is 46.9 Å². The monoisotopic (exact) mass is 295 g/mol. The van der Waals surface area contributed by atoms with E-state index in [-0.39, 0.29) is 5.91 Å². The largest absolute Gasteiger partial charge is 0.451 e. The third kappa shape index (κ3) is 3.18. The number of hydrogen-bond donors (Lipinski definition) is 0. The lowest BCUT2D eigenvalue weighted by molar-refractivity contribution is 0.0627. The Morgan fingerprint density at radius 2 is 1.95 bits per heavy atom. The van der Waals surface area contributed by atoms with Gasteiger partial charge in [-0.15, -0.1) is 6.42 Å². The Bertz CT molecular complexity index is 663. The quantitative estimate of drug-likeness (QED) is 0.807. The molecule has 0 spiro atoms. The predicted octanol–water partition coefficient (Wildman–Crippen LogP) is 1.61. The third-order valence-corrected chi connectivity index (χ3v) is 3.83. The highest BCUT2D eigenvalue weighted by molar-refractivity contribution is 5.94. The molecule has 3 rings (SSSR count). The average molecular weight is 295 g/mol. The number of carbonyl (C=O) groups is 1. The molecule has 22 heavy (non-hydrogen) atoms. The Morgan fingerprint density at radius 1 is 1.23 bits per heavy atom. The van der Waals surface area contributed by atoms with E-state index in [1.165, 1.54) is 6.39 Å². The number of piperazine rings is 1. The number of oxazole rings is 1. The average Bonchev–Trinajstić information content (AvgIpc) is 3.08. The molecule has 1 amide bonds. The van der Waals surface area contributed by atoms with Crippen LogP contribution in [0.25, 0.3) is 0 Å². The molecular weight excluding hydrogens is 278 g/mol. The summed E-state index contributed by atoms with van der Waals surface area (Å²) < 4.78 is 4.98. The smallest absolute Gasteiger partial charge is 0.253 e. The first-order chi connectivity index (χ1) is 10.8. The van der Waals surface area contributed by atoms with Crippen molar-refractivity contribution in [1.82, 2.24) is 14.8 Å². The minimum Gasteiger partial charge on any atom is -0.451 e. The Balaban J connectivity index is 1.56. The van der Waals surface area contributed by atoms with Gasteiger partial charge in [0.2, 0.25) is 0 Å². The minimum atomic E-state index is 0.0599. The van der Waals surface area contributed by atoms with Gasteiger partial charge in [0.05, 0.1) is 5.69 Å². The summed E-state index contributed by atoms with van der Waals surface area (Å²) in [4.78, 5) is 20.7. The number of aromatic nitrogens is 1. The highest BCUT2D eigenvalue weighted by Gasteiger charge is 2.22. The zero-order chi connectivity index (χ0) is 15.4. The second kappa shape index (κ2) is 6.46. The lowest BCUT2D eigenvalue weighted by Gasteiger charge is -2.34. The minimum absolute atomic E-state index is 0.0599. The van der Waals surface area contributed by atoms with Crippen LogP contribution < -0.4 is 0 Å². The molecule has 1 saturated heterocycles. The topological polar surface area (TPSA) is 49.6 Å². The van der Waals surface area contributed by atoms with Crippen molar-refractivity contribution in [3.05, 3.63) is 53.7 Å². The van der Waals surface area contributed by atoms with E-state index >= 15 is 0 Å². The summed E-state index contributed by atoms with van der Waals surface area (Å²) in [7, 11) is 0. The number of terminal acetylenes is 1. The van der Waals surface area contributed by atoms with Crippen LogP contribution in [0.2, 0.25) is 0 Å². The van der Waals surface area contributed by atoms with Crippen LogP contribution in [0.5, 0.6) is 0 Å². The van der Waals surface area contributed by atoms with Gasteiger partial charge in [-0.05, 0) is 24.3 Å². The molecule has 0 atom stereocenters. The van der Waals surface area contributed by atoms with Crippen molar-refractivity contribution in [2.75, 3.05) is 26.2 Å². The SMILES string of the molecule is C#Cc1ccc(C(=O)N2CCN(Cc3cocn3)CC2)cc1. The van der Waals surface area contributed by atoms with Gasteiger partial charge in [0, 0.05) is 43.9 Å². The predicted molar refractivity (Wildman–Crippen MR) is 82.1 cm³/mol. The molecule has 1 fully saturated rings. The van der Waals surface area contributed by atoms with Gasteiger partial charge in [-0.1, -0.05) is 5.92 Å². The maximum Gasteiger partial charge on any atom is 0.253 e. The summed E-state index contributed by atoms with van der Waals surface area (Å²) in [6.45, 7) is 3.86. The molecule has 5 heteroatoms. The van der Waals surface area contributed by atoms with Crippen LogP contribution >= 0.6 is 0 Å². The number of carbonyl (C=O) groups excluding carboxylic acids is 1. The molecule has 0 bridgehead atoms. The molecule has 0 saturated carbocycles. The molecule has 2 aromatic rings. The number of amides is 1. The molecule has 1 aromatic heterocycles. The summed E-state index contributed by atoms with van der Waals surface area (Å²) >= 11 is 0. The van der Waals surface area contributed by atoms with Crippen molar-refractivity contribution in [2.45, 2.75) is 6.54 Å². The van der Waals surface area contributed by atoms with E-state index in [9.17, 15) is 4.79 Å². The second-order valence-electron chi connectivity index (χ2n) is 5.27. The lowest BCUT2D eigenvalue weighted by Crippen LogP contribution is -2.48. The summed E-state index contributed by atoms with van der Waals surface area (Å²) in [6.07, 6.45) is 8.42. The zero-order valence-electron chi connectivity index (χ0n) is 12.2. The Hall–Kier alpha value is -2.58. The molecule has 1 aliphatic heterocycles. The van der Waals surface area contributed by atoms with Gasteiger partial charge in [0.1, 0.15) is 6.26 Å². The van der Waals surface area contributed by atoms with Gasteiger partial charge in [-0.2, -0.15) is 0 Å². The number of hydrogen-bond acceptors (Lipinski definition) is 4. The van der Waals surface area contributed by atoms with E-state index in [0.717, 1.165) is 30.9 Å². The van der Waals surface area contributed by atoms with Crippen LogP contribution in [0, 0.1) is 12.3 Å².